The van der Waals surface area contributed by atoms with E-state index in [1.807, 2.05) is 32.0 Å². The molecule has 4 nitrogen and oxygen atoms in total. The molecule has 2 aromatic heterocycles. The Labute approximate surface area is 82.3 Å². The second-order valence-electron chi connectivity index (χ2n) is 3.47. The first-order valence-electron chi connectivity index (χ1n) is 4.57. The van der Waals surface area contributed by atoms with Crippen LogP contribution in [0.25, 0.3) is 11.5 Å². The smallest absolute Gasteiger partial charge is 0.154 e. The van der Waals surface area contributed by atoms with Gasteiger partial charge in [-0.2, -0.15) is 5.10 Å². The van der Waals surface area contributed by atoms with Crippen molar-refractivity contribution in [2.75, 3.05) is 5.73 Å². The SMILES string of the molecule is CC(C)n1nc(-c2ccco2)cc1N. The summed E-state index contributed by atoms with van der Waals surface area (Å²) >= 11 is 0. The zero-order chi connectivity index (χ0) is 10.1. The maximum atomic E-state index is 5.81. The van der Waals surface area contributed by atoms with Crippen molar-refractivity contribution in [2.45, 2.75) is 19.9 Å². The Hall–Kier alpha value is -1.71. The number of nitrogens with two attached hydrogens (primary N) is 1. The average Bonchev–Trinajstić information content (AvgIpc) is 2.70. The Morgan fingerprint density at radius 3 is 2.79 bits per heavy atom. The third-order valence-electron chi connectivity index (χ3n) is 2.03. The molecule has 0 radical (unpaired) electrons. The van der Waals surface area contributed by atoms with Gasteiger partial charge in [-0.3, -0.25) is 0 Å². The molecule has 2 aromatic rings. The van der Waals surface area contributed by atoms with Gasteiger partial charge in [-0.15, -0.1) is 0 Å². The standard InChI is InChI=1S/C10H13N3O/c1-7(2)13-10(11)6-8(12-13)9-4-3-5-14-9/h3-7H,11H2,1-2H3. The fourth-order valence-electron chi connectivity index (χ4n) is 1.37. The highest BCUT2D eigenvalue weighted by Crippen LogP contribution is 2.22. The molecule has 0 bridgehead atoms. The van der Waals surface area contributed by atoms with Crippen LogP contribution in [0.4, 0.5) is 5.82 Å². The van der Waals surface area contributed by atoms with E-state index >= 15 is 0 Å². The Bertz CT molecular complexity index is 415. The number of furan rings is 1. The van der Waals surface area contributed by atoms with Crippen molar-refractivity contribution in [3.63, 3.8) is 0 Å². The van der Waals surface area contributed by atoms with Crippen LogP contribution in [0.15, 0.2) is 28.9 Å². The number of nitrogens with zero attached hydrogens (tertiary/aromatic N) is 2. The summed E-state index contributed by atoms with van der Waals surface area (Å²) in [7, 11) is 0. The largest absolute Gasteiger partial charge is 0.463 e. The van der Waals surface area contributed by atoms with E-state index in [9.17, 15) is 0 Å². The van der Waals surface area contributed by atoms with Gasteiger partial charge in [0.15, 0.2) is 5.76 Å². The number of aromatic nitrogens is 2. The number of hydrogen-bond acceptors (Lipinski definition) is 3. The Morgan fingerprint density at radius 2 is 2.29 bits per heavy atom. The molecular weight excluding hydrogens is 178 g/mol. The Balaban J connectivity index is 2.43. The Kier molecular flexibility index (Phi) is 2.04. The molecule has 0 saturated heterocycles. The third-order valence-corrected chi connectivity index (χ3v) is 2.03. The van der Waals surface area contributed by atoms with Gasteiger partial charge in [-0.25, -0.2) is 4.68 Å². The molecule has 2 rings (SSSR count). The van der Waals surface area contributed by atoms with Crippen LogP contribution in [0, 0.1) is 0 Å². The third kappa shape index (κ3) is 1.39. The summed E-state index contributed by atoms with van der Waals surface area (Å²) in [5, 5.41) is 4.35. The summed E-state index contributed by atoms with van der Waals surface area (Å²) in [6.45, 7) is 4.07. The maximum Gasteiger partial charge on any atom is 0.154 e. The number of nitrogen functional groups attached to an aromatic ring is 1. The average molecular weight is 191 g/mol. The molecular formula is C10H13N3O. The molecule has 0 aromatic carbocycles. The van der Waals surface area contributed by atoms with Crippen LogP contribution in [0.1, 0.15) is 19.9 Å². The second kappa shape index (κ2) is 3.21. The van der Waals surface area contributed by atoms with Crippen molar-refractivity contribution < 1.29 is 4.42 Å². The first-order valence-corrected chi connectivity index (χ1v) is 4.57. The lowest BCUT2D eigenvalue weighted by molar-refractivity contribution is 0.535. The van der Waals surface area contributed by atoms with E-state index in [0.29, 0.717) is 5.82 Å². The molecule has 2 heterocycles. The summed E-state index contributed by atoms with van der Waals surface area (Å²) < 4.78 is 7.01. The van der Waals surface area contributed by atoms with Gasteiger partial charge >= 0.3 is 0 Å². The molecule has 0 aliphatic rings. The van der Waals surface area contributed by atoms with Gasteiger partial charge in [-0.1, -0.05) is 0 Å². The van der Waals surface area contributed by atoms with Gasteiger partial charge in [0.05, 0.1) is 6.26 Å². The van der Waals surface area contributed by atoms with E-state index in [1.165, 1.54) is 0 Å². The lowest BCUT2D eigenvalue weighted by Gasteiger charge is -2.06. The minimum Gasteiger partial charge on any atom is -0.463 e. The minimum absolute atomic E-state index is 0.263. The molecule has 2 N–H and O–H groups in total. The molecule has 4 heteroatoms. The lowest BCUT2D eigenvalue weighted by atomic mass is 10.3. The number of anilines is 1. The number of rotatable bonds is 2. The number of hydrogen-bond donors (Lipinski definition) is 1. The zero-order valence-electron chi connectivity index (χ0n) is 8.27. The molecule has 0 saturated carbocycles. The summed E-state index contributed by atoms with van der Waals surface area (Å²) in [6.07, 6.45) is 1.62. The Morgan fingerprint density at radius 1 is 1.50 bits per heavy atom. The van der Waals surface area contributed by atoms with Crippen LogP contribution in [0.5, 0.6) is 0 Å². The van der Waals surface area contributed by atoms with E-state index in [-0.39, 0.29) is 6.04 Å². The van der Waals surface area contributed by atoms with Gasteiger partial charge in [-0.05, 0) is 26.0 Å². The molecule has 0 aliphatic heterocycles. The highest BCUT2D eigenvalue weighted by Gasteiger charge is 2.10. The maximum absolute atomic E-state index is 5.81. The van der Waals surface area contributed by atoms with Gasteiger partial charge < -0.3 is 10.2 Å². The van der Waals surface area contributed by atoms with Gasteiger partial charge in [0.25, 0.3) is 0 Å². The molecule has 0 fully saturated rings. The molecule has 0 atom stereocenters. The molecule has 74 valence electrons. The van der Waals surface area contributed by atoms with Crippen LogP contribution in [-0.2, 0) is 0 Å². The van der Waals surface area contributed by atoms with Crippen LogP contribution in [0.3, 0.4) is 0 Å². The van der Waals surface area contributed by atoms with Crippen molar-refractivity contribution in [1.29, 1.82) is 0 Å². The highest BCUT2D eigenvalue weighted by molar-refractivity contribution is 5.56. The van der Waals surface area contributed by atoms with E-state index in [2.05, 4.69) is 5.10 Å². The second-order valence-corrected chi connectivity index (χ2v) is 3.47. The van der Waals surface area contributed by atoms with Gasteiger partial charge in [0.2, 0.25) is 0 Å². The van der Waals surface area contributed by atoms with Crippen LogP contribution < -0.4 is 5.73 Å². The summed E-state index contributed by atoms with van der Waals surface area (Å²) in [5.74, 6) is 1.41. The van der Waals surface area contributed by atoms with Crippen LogP contribution in [-0.4, -0.2) is 9.78 Å². The first-order chi connectivity index (χ1) is 6.68. The molecule has 0 amide bonds. The van der Waals surface area contributed by atoms with Crippen molar-refractivity contribution in [3.8, 4) is 11.5 Å². The summed E-state index contributed by atoms with van der Waals surface area (Å²) in [5.41, 5.74) is 6.59. The van der Waals surface area contributed by atoms with E-state index < -0.39 is 0 Å². The molecule has 0 unspecified atom stereocenters. The van der Waals surface area contributed by atoms with Gasteiger partial charge in [0, 0.05) is 12.1 Å². The summed E-state index contributed by atoms with van der Waals surface area (Å²) in [4.78, 5) is 0. The lowest BCUT2D eigenvalue weighted by Crippen LogP contribution is -2.06. The predicted molar refractivity (Wildman–Crippen MR) is 54.7 cm³/mol. The topological polar surface area (TPSA) is 57.0 Å². The monoisotopic (exact) mass is 191 g/mol. The van der Waals surface area contributed by atoms with E-state index in [4.69, 9.17) is 10.2 Å². The fourth-order valence-corrected chi connectivity index (χ4v) is 1.37. The predicted octanol–water partition coefficient (Wildman–Crippen LogP) is 2.31. The normalized spacial score (nSPS) is 11.1. The first kappa shape index (κ1) is 8.87. The van der Waals surface area contributed by atoms with Crippen LogP contribution in [0.2, 0.25) is 0 Å². The van der Waals surface area contributed by atoms with Crippen molar-refractivity contribution in [2.24, 2.45) is 0 Å². The molecule has 14 heavy (non-hydrogen) atoms. The molecule has 0 aliphatic carbocycles. The van der Waals surface area contributed by atoms with E-state index in [1.54, 1.807) is 10.9 Å². The molecule has 0 spiro atoms. The fraction of sp³-hybridized carbons (Fsp3) is 0.300. The quantitative estimate of drug-likeness (QED) is 0.792. The van der Waals surface area contributed by atoms with Gasteiger partial charge in [0.1, 0.15) is 11.5 Å². The highest BCUT2D eigenvalue weighted by atomic mass is 16.3. The van der Waals surface area contributed by atoms with E-state index in [0.717, 1.165) is 11.5 Å². The minimum atomic E-state index is 0.263. The van der Waals surface area contributed by atoms with Crippen molar-refractivity contribution in [1.82, 2.24) is 9.78 Å². The van der Waals surface area contributed by atoms with Crippen molar-refractivity contribution >= 4 is 5.82 Å². The van der Waals surface area contributed by atoms with Crippen LogP contribution >= 0.6 is 0 Å². The summed E-state index contributed by atoms with van der Waals surface area (Å²) in [6, 6.07) is 5.78. The van der Waals surface area contributed by atoms with Crippen molar-refractivity contribution in [3.05, 3.63) is 24.5 Å². The zero-order valence-corrected chi connectivity index (χ0v) is 8.27.